The molecule has 0 fully saturated rings. The molecule has 0 bridgehead atoms. The number of benzene rings is 3. The van der Waals surface area contributed by atoms with Crippen molar-refractivity contribution in [2.24, 2.45) is 0 Å². The van der Waals surface area contributed by atoms with Crippen LogP contribution in [0.3, 0.4) is 0 Å². The standard InChI is InChI=1S/C30H29N5O5S3/c1-4-41-30-34-29(43-35-30)33-26(37)18(2)42-23-12-8-11-21(16-23)31-28(39)24(32-27(38)19-9-6-5-7-10-19)15-20-13-14-22(36)17-25(20)40-3/h5-18,36H,4H2,1-3H3,(H,31,39)(H,32,38)(H,33,34,35,37)/b24-15+. The Hall–Kier alpha value is -4.33. The SMILES string of the molecule is CCSc1nsc(NC(=O)C(C)Sc2cccc(NC(=O)/C(=C\c3ccc(O)cc3OC)NC(=O)c3ccccc3)c2)n1. The van der Waals surface area contributed by atoms with E-state index in [0.29, 0.717) is 32.9 Å². The molecule has 43 heavy (non-hydrogen) atoms. The van der Waals surface area contributed by atoms with Gasteiger partial charge in [-0.25, -0.2) is 0 Å². The van der Waals surface area contributed by atoms with Crippen LogP contribution in [0.2, 0.25) is 0 Å². The Labute approximate surface area is 261 Å². The zero-order valence-corrected chi connectivity index (χ0v) is 25.9. The van der Waals surface area contributed by atoms with E-state index >= 15 is 0 Å². The van der Waals surface area contributed by atoms with E-state index in [4.69, 9.17) is 4.74 Å². The summed E-state index contributed by atoms with van der Waals surface area (Å²) in [6.07, 6.45) is 1.47. The van der Waals surface area contributed by atoms with Gasteiger partial charge in [0, 0.05) is 39.3 Å². The fourth-order valence-electron chi connectivity index (χ4n) is 3.68. The van der Waals surface area contributed by atoms with Crippen LogP contribution in [0, 0.1) is 0 Å². The molecule has 4 N–H and O–H groups in total. The molecule has 1 atom stereocenters. The van der Waals surface area contributed by atoms with Crippen LogP contribution in [0.4, 0.5) is 10.8 Å². The summed E-state index contributed by atoms with van der Waals surface area (Å²) >= 11 is 3.95. The van der Waals surface area contributed by atoms with Crippen LogP contribution in [-0.4, -0.2) is 50.3 Å². The normalized spacial score (nSPS) is 11.8. The number of aromatic nitrogens is 2. The first kappa shape index (κ1) is 31.6. The minimum atomic E-state index is -0.579. The molecule has 0 saturated heterocycles. The number of carbonyl (C=O) groups excluding carboxylic acids is 3. The number of methoxy groups -OCH3 is 1. The van der Waals surface area contributed by atoms with Crippen molar-refractivity contribution in [3.05, 3.63) is 89.6 Å². The highest BCUT2D eigenvalue weighted by molar-refractivity contribution is 8.00. The van der Waals surface area contributed by atoms with Crippen LogP contribution >= 0.6 is 35.1 Å². The fraction of sp³-hybridized carbons (Fsp3) is 0.167. The van der Waals surface area contributed by atoms with Crippen LogP contribution in [0.1, 0.15) is 29.8 Å². The number of amides is 3. The van der Waals surface area contributed by atoms with Crippen LogP contribution in [0.15, 0.2) is 88.5 Å². The molecule has 0 spiro atoms. The second-order valence-corrected chi connectivity index (χ2v) is 12.2. The van der Waals surface area contributed by atoms with Gasteiger partial charge in [0.25, 0.3) is 11.8 Å². The molecule has 0 radical (unpaired) electrons. The topological polar surface area (TPSA) is 143 Å². The van der Waals surface area contributed by atoms with Crippen molar-refractivity contribution < 1.29 is 24.2 Å². The van der Waals surface area contributed by atoms with E-state index in [-0.39, 0.29) is 17.4 Å². The van der Waals surface area contributed by atoms with Crippen LogP contribution in [-0.2, 0) is 9.59 Å². The smallest absolute Gasteiger partial charge is 0.272 e. The van der Waals surface area contributed by atoms with E-state index in [9.17, 15) is 19.5 Å². The van der Waals surface area contributed by atoms with Crippen molar-refractivity contribution in [2.45, 2.75) is 29.1 Å². The second-order valence-electron chi connectivity index (χ2n) is 8.85. The average molecular weight is 636 g/mol. The number of rotatable bonds is 12. The molecule has 1 heterocycles. The third-order valence-electron chi connectivity index (χ3n) is 5.73. The zero-order chi connectivity index (χ0) is 30.8. The Morgan fingerprint density at radius 3 is 2.58 bits per heavy atom. The van der Waals surface area contributed by atoms with E-state index in [2.05, 4.69) is 25.3 Å². The molecule has 13 heteroatoms. The lowest BCUT2D eigenvalue weighted by atomic mass is 10.1. The molecular formula is C30H29N5O5S3. The molecule has 1 unspecified atom stereocenters. The monoisotopic (exact) mass is 635 g/mol. The summed E-state index contributed by atoms with van der Waals surface area (Å²) in [6, 6.07) is 20.0. The van der Waals surface area contributed by atoms with Gasteiger partial charge in [0.15, 0.2) is 0 Å². The molecule has 1 aromatic heterocycles. The van der Waals surface area contributed by atoms with Gasteiger partial charge in [0.1, 0.15) is 17.2 Å². The van der Waals surface area contributed by atoms with Gasteiger partial charge in [-0.2, -0.15) is 9.36 Å². The van der Waals surface area contributed by atoms with Crippen molar-refractivity contribution in [3.63, 3.8) is 0 Å². The lowest BCUT2D eigenvalue weighted by molar-refractivity contribution is -0.115. The van der Waals surface area contributed by atoms with Crippen LogP contribution < -0.4 is 20.7 Å². The highest BCUT2D eigenvalue weighted by Crippen LogP contribution is 2.29. The number of thioether (sulfide) groups is 2. The van der Waals surface area contributed by atoms with Gasteiger partial charge in [0.2, 0.25) is 16.2 Å². The Balaban J connectivity index is 1.49. The number of phenolic OH excluding ortho intramolecular Hbond substituents is 1. The fourth-order valence-corrected chi connectivity index (χ4v) is 5.88. The number of hydrogen-bond donors (Lipinski definition) is 4. The van der Waals surface area contributed by atoms with Crippen molar-refractivity contribution >= 4 is 69.7 Å². The lowest BCUT2D eigenvalue weighted by Crippen LogP contribution is -2.30. The van der Waals surface area contributed by atoms with Crippen LogP contribution in [0.5, 0.6) is 11.5 Å². The molecular weight excluding hydrogens is 607 g/mol. The summed E-state index contributed by atoms with van der Waals surface area (Å²) in [5, 5.41) is 18.7. The van der Waals surface area contributed by atoms with E-state index in [1.807, 2.05) is 13.0 Å². The molecule has 0 aliphatic rings. The molecule has 4 rings (SSSR count). The third-order valence-corrected chi connectivity index (χ3v) is 8.30. The third kappa shape index (κ3) is 9.08. The number of nitrogens with zero attached hydrogens (tertiary/aromatic N) is 2. The summed E-state index contributed by atoms with van der Waals surface area (Å²) in [5.74, 6) is -0.123. The first-order valence-corrected chi connectivity index (χ1v) is 15.7. The Kier molecular flexibility index (Phi) is 11.2. The van der Waals surface area contributed by atoms with E-state index in [1.165, 1.54) is 48.8 Å². The number of carbonyl (C=O) groups is 3. The first-order chi connectivity index (χ1) is 20.7. The highest BCUT2D eigenvalue weighted by atomic mass is 32.2. The van der Waals surface area contributed by atoms with E-state index < -0.39 is 17.1 Å². The molecule has 222 valence electrons. The van der Waals surface area contributed by atoms with E-state index in [1.54, 1.807) is 61.5 Å². The Morgan fingerprint density at radius 2 is 1.84 bits per heavy atom. The first-order valence-electron chi connectivity index (χ1n) is 13.1. The predicted molar refractivity (Wildman–Crippen MR) is 172 cm³/mol. The van der Waals surface area contributed by atoms with E-state index in [0.717, 1.165) is 22.2 Å². The summed E-state index contributed by atoms with van der Waals surface area (Å²) < 4.78 is 9.56. The largest absolute Gasteiger partial charge is 0.508 e. The number of aromatic hydroxyl groups is 1. The number of anilines is 2. The lowest BCUT2D eigenvalue weighted by Gasteiger charge is -2.14. The molecule has 0 aliphatic heterocycles. The minimum Gasteiger partial charge on any atom is -0.508 e. The van der Waals surface area contributed by atoms with Crippen molar-refractivity contribution in [1.29, 1.82) is 0 Å². The van der Waals surface area contributed by atoms with Crippen molar-refractivity contribution in [3.8, 4) is 11.5 Å². The number of hydrogen-bond acceptors (Lipinski definition) is 10. The summed E-state index contributed by atoms with van der Waals surface area (Å²) in [4.78, 5) is 44.2. The number of phenols is 1. The molecule has 0 saturated carbocycles. The van der Waals surface area contributed by atoms with Gasteiger partial charge in [-0.1, -0.05) is 43.0 Å². The maximum Gasteiger partial charge on any atom is 0.272 e. The van der Waals surface area contributed by atoms with Crippen molar-refractivity contribution in [2.75, 3.05) is 23.5 Å². The summed E-state index contributed by atoms with van der Waals surface area (Å²) in [7, 11) is 1.44. The number of nitrogens with one attached hydrogen (secondary N) is 3. The quantitative estimate of drug-likeness (QED) is 0.111. The van der Waals surface area contributed by atoms with Gasteiger partial charge in [-0.3, -0.25) is 19.7 Å². The maximum absolute atomic E-state index is 13.5. The molecule has 3 amide bonds. The summed E-state index contributed by atoms with van der Waals surface area (Å²) in [5.41, 5.74) is 1.27. The molecule has 10 nitrogen and oxygen atoms in total. The van der Waals surface area contributed by atoms with Crippen molar-refractivity contribution in [1.82, 2.24) is 14.7 Å². The maximum atomic E-state index is 13.5. The highest BCUT2D eigenvalue weighted by Gasteiger charge is 2.19. The van der Waals surface area contributed by atoms with Gasteiger partial charge in [-0.15, -0.1) is 11.8 Å². The average Bonchev–Trinajstić information content (AvgIpc) is 3.44. The van der Waals surface area contributed by atoms with Gasteiger partial charge < -0.3 is 20.5 Å². The second kappa shape index (κ2) is 15.2. The Bertz CT molecular complexity index is 1630. The van der Waals surface area contributed by atoms with Crippen LogP contribution in [0.25, 0.3) is 6.08 Å². The van der Waals surface area contributed by atoms with Gasteiger partial charge in [-0.05, 0) is 61.2 Å². The minimum absolute atomic E-state index is 0.00545. The van der Waals surface area contributed by atoms with Gasteiger partial charge >= 0.3 is 0 Å². The Morgan fingerprint density at radius 1 is 1.05 bits per heavy atom. The van der Waals surface area contributed by atoms with Gasteiger partial charge in [0.05, 0.1) is 12.4 Å². The predicted octanol–water partition coefficient (Wildman–Crippen LogP) is 5.89. The zero-order valence-electron chi connectivity index (χ0n) is 23.5. The summed E-state index contributed by atoms with van der Waals surface area (Å²) in [6.45, 7) is 3.78. The molecule has 4 aromatic rings. The molecule has 3 aromatic carbocycles. The molecule has 0 aliphatic carbocycles. The number of ether oxygens (including phenoxy) is 1.